The lowest BCUT2D eigenvalue weighted by atomic mass is 10.0. The van der Waals surface area contributed by atoms with Crippen LogP contribution in [0.1, 0.15) is 26.2 Å². The van der Waals surface area contributed by atoms with Crippen LogP contribution in [-0.4, -0.2) is 35.7 Å². The maximum Gasteiger partial charge on any atom is 0.288 e. The van der Waals surface area contributed by atoms with Crippen molar-refractivity contribution in [3.05, 3.63) is 24.3 Å². The summed E-state index contributed by atoms with van der Waals surface area (Å²) in [6, 6.07) is 6.94. The molecule has 1 N–H and O–H groups in total. The number of halogens is 2. The molecule has 2 rings (SSSR count). The van der Waals surface area contributed by atoms with Crippen molar-refractivity contribution in [3.8, 4) is 0 Å². The molecule has 1 amide bonds. The van der Waals surface area contributed by atoms with E-state index in [0.717, 1.165) is 19.4 Å². The van der Waals surface area contributed by atoms with Crippen LogP contribution in [0.5, 0.6) is 0 Å². The Morgan fingerprint density at radius 2 is 2.10 bits per heavy atom. The fraction of sp³-hybridized carbons (Fsp3) is 0.533. The topological polar surface area (TPSA) is 32.3 Å². The average molecular weight is 314 g/mol. The molecular formula is C15H20F2N2OS. The molecule has 1 aliphatic heterocycles. The third-order valence-corrected chi connectivity index (χ3v) is 4.37. The molecule has 1 aromatic rings. The third kappa shape index (κ3) is 5.28. The molecule has 1 fully saturated rings. The normalized spacial score (nSPS) is 19.7. The van der Waals surface area contributed by atoms with E-state index >= 15 is 0 Å². The molecule has 0 spiro atoms. The van der Waals surface area contributed by atoms with Gasteiger partial charge in [0.2, 0.25) is 5.91 Å². The molecule has 1 saturated heterocycles. The van der Waals surface area contributed by atoms with Crippen LogP contribution < -0.4 is 5.32 Å². The van der Waals surface area contributed by atoms with E-state index in [0.29, 0.717) is 34.9 Å². The Labute approximate surface area is 128 Å². The van der Waals surface area contributed by atoms with Crippen molar-refractivity contribution in [1.29, 1.82) is 0 Å². The van der Waals surface area contributed by atoms with Crippen LogP contribution >= 0.6 is 11.8 Å². The van der Waals surface area contributed by atoms with Crippen molar-refractivity contribution >= 4 is 23.4 Å². The van der Waals surface area contributed by atoms with E-state index in [1.807, 2.05) is 0 Å². The van der Waals surface area contributed by atoms with Crippen LogP contribution in [-0.2, 0) is 4.79 Å². The smallest absolute Gasteiger partial charge is 0.288 e. The molecule has 21 heavy (non-hydrogen) atoms. The Balaban J connectivity index is 1.84. The second-order valence-electron chi connectivity index (χ2n) is 5.27. The Morgan fingerprint density at radius 3 is 2.71 bits per heavy atom. The molecule has 0 saturated carbocycles. The van der Waals surface area contributed by atoms with E-state index in [1.54, 1.807) is 24.3 Å². The van der Waals surface area contributed by atoms with E-state index in [9.17, 15) is 13.6 Å². The number of amides is 1. The summed E-state index contributed by atoms with van der Waals surface area (Å²) in [5, 5.41) is 2.81. The van der Waals surface area contributed by atoms with Crippen LogP contribution in [0.2, 0.25) is 0 Å². The molecule has 1 aromatic carbocycles. The van der Waals surface area contributed by atoms with Gasteiger partial charge in [0.05, 0.1) is 6.54 Å². The molecule has 1 aliphatic rings. The molecule has 1 atom stereocenters. The van der Waals surface area contributed by atoms with E-state index in [4.69, 9.17) is 0 Å². The number of carbonyl (C=O) groups excluding carboxylic acids is 1. The van der Waals surface area contributed by atoms with Gasteiger partial charge in [-0.2, -0.15) is 8.78 Å². The van der Waals surface area contributed by atoms with Crippen molar-refractivity contribution in [3.63, 3.8) is 0 Å². The molecule has 1 heterocycles. The average Bonchev–Trinajstić information content (AvgIpc) is 2.43. The zero-order valence-corrected chi connectivity index (χ0v) is 12.8. The van der Waals surface area contributed by atoms with E-state index in [-0.39, 0.29) is 5.91 Å². The number of anilines is 1. The van der Waals surface area contributed by atoms with E-state index in [1.165, 1.54) is 6.42 Å². The number of likely N-dealkylation sites (tertiary alicyclic amines) is 1. The number of alkyl halides is 2. The first-order valence-corrected chi connectivity index (χ1v) is 8.01. The minimum atomic E-state index is -2.42. The molecule has 3 nitrogen and oxygen atoms in total. The van der Waals surface area contributed by atoms with Crippen molar-refractivity contribution in [1.82, 2.24) is 4.90 Å². The number of nitrogens with one attached hydrogen (secondary N) is 1. The summed E-state index contributed by atoms with van der Waals surface area (Å²) >= 11 is 0.501. The Kier molecular flexibility index (Phi) is 5.99. The molecule has 0 aromatic heterocycles. The molecule has 0 bridgehead atoms. The maximum atomic E-state index is 12.2. The highest BCUT2D eigenvalue weighted by Gasteiger charge is 2.20. The van der Waals surface area contributed by atoms with Gasteiger partial charge in [-0.3, -0.25) is 9.69 Å². The maximum absolute atomic E-state index is 12.2. The lowest BCUT2D eigenvalue weighted by molar-refractivity contribution is -0.118. The highest BCUT2D eigenvalue weighted by molar-refractivity contribution is 7.99. The quantitative estimate of drug-likeness (QED) is 0.839. The summed E-state index contributed by atoms with van der Waals surface area (Å²) < 4.78 is 24.4. The minimum absolute atomic E-state index is 0.0574. The van der Waals surface area contributed by atoms with Gasteiger partial charge in [0.15, 0.2) is 0 Å². The number of benzene rings is 1. The Morgan fingerprint density at radius 1 is 1.38 bits per heavy atom. The van der Waals surface area contributed by atoms with Gasteiger partial charge in [-0.25, -0.2) is 0 Å². The lowest BCUT2D eigenvalue weighted by Gasteiger charge is -2.32. The summed E-state index contributed by atoms with van der Waals surface area (Å²) in [6.45, 7) is 3.48. The van der Waals surface area contributed by atoms with Crippen molar-refractivity contribution < 1.29 is 13.6 Å². The van der Waals surface area contributed by atoms with Gasteiger partial charge in [0.25, 0.3) is 5.76 Å². The molecule has 0 aliphatic carbocycles. The van der Waals surface area contributed by atoms with Crippen LogP contribution in [0.4, 0.5) is 14.5 Å². The third-order valence-electron chi connectivity index (χ3n) is 3.65. The number of hydrogen-bond acceptors (Lipinski definition) is 3. The standard InChI is InChI=1S/C15H20F2N2OS/c1-11-4-2-3-9-19(11)10-14(20)18-12-5-7-13(8-6-12)21-15(16)17/h5-8,11,15H,2-4,9-10H2,1H3,(H,18,20)/t11-/m1/s1. The second kappa shape index (κ2) is 7.75. The van der Waals surface area contributed by atoms with E-state index in [2.05, 4.69) is 17.1 Å². The van der Waals surface area contributed by atoms with Crippen LogP contribution in [0, 0.1) is 0 Å². The Hall–Kier alpha value is -1.14. The largest absolute Gasteiger partial charge is 0.325 e. The van der Waals surface area contributed by atoms with Crippen LogP contribution in [0.3, 0.4) is 0 Å². The zero-order chi connectivity index (χ0) is 15.2. The Bertz CT molecular complexity index is 467. The number of piperidine rings is 1. The van der Waals surface area contributed by atoms with Crippen LogP contribution in [0.15, 0.2) is 29.2 Å². The summed E-state index contributed by atoms with van der Waals surface area (Å²) in [6.07, 6.45) is 3.49. The molecule has 0 radical (unpaired) electrons. The van der Waals surface area contributed by atoms with Crippen molar-refractivity contribution in [2.45, 2.75) is 42.9 Å². The van der Waals surface area contributed by atoms with Gasteiger partial charge in [-0.1, -0.05) is 18.2 Å². The summed E-state index contributed by atoms with van der Waals surface area (Å²) in [4.78, 5) is 14.7. The minimum Gasteiger partial charge on any atom is -0.325 e. The molecule has 6 heteroatoms. The molecule has 116 valence electrons. The number of carbonyl (C=O) groups is 1. The number of hydrogen-bond donors (Lipinski definition) is 1. The number of thioether (sulfide) groups is 1. The van der Waals surface area contributed by atoms with Crippen molar-refractivity contribution in [2.24, 2.45) is 0 Å². The molecule has 0 unspecified atom stereocenters. The van der Waals surface area contributed by atoms with Crippen molar-refractivity contribution in [2.75, 3.05) is 18.4 Å². The fourth-order valence-electron chi connectivity index (χ4n) is 2.50. The van der Waals surface area contributed by atoms with Gasteiger partial charge in [0.1, 0.15) is 0 Å². The second-order valence-corrected chi connectivity index (χ2v) is 6.33. The summed E-state index contributed by atoms with van der Waals surface area (Å²) in [7, 11) is 0. The van der Waals surface area contributed by atoms with Gasteiger partial charge < -0.3 is 5.32 Å². The first-order chi connectivity index (χ1) is 10.0. The number of rotatable bonds is 5. The van der Waals surface area contributed by atoms with Gasteiger partial charge >= 0.3 is 0 Å². The zero-order valence-electron chi connectivity index (χ0n) is 12.0. The lowest BCUT2D eigenvalue weighted by Crippen LogP contribution is -2.42. The van der Waals surface area contributed by atoms with Gasteiger partial charge in [0, 0.05) is 16.6 Å². The fourth-order valence-corrected chi connectivity index (χ4v) is 3.00. The predicted octanol–water partition coefficient (Wildman–Crippen LogP) is 3.81. The SMILES string of the molecule is C[C@@H]1CCCCN1CC(=O)Nc1ccc(SC(F)F)cc1. The summed E-state index contributed by atoms with van der Waals surface area (Å²) in [5.41, 5.74) is 0.642. The highest BCUT2D eigenvalue weighted by atomic mass is 32.2. The van der Waals surface area contributed by atoms with Crippen LogP contribution in [0.25, 0.3) is 0 Å². The summed E-state index contributed by atoms with van der Waals surface area (Å²) in [5.74, 6) is -2.48. The monoisotopic (exact) mass is 314 g/mol. The van der Waals surface area contributed by atoms with Gasteiger partial charge in [-0.15, -0.1) is 0 Å². The predicted molar refractivity (Wildman–Crippen MR) is 81.8 cm³/mol. The highest BCUT2D eigenvalue weighted by Crippen LogP contribution is 2.26. The first-order valence-electron chi connectivity index (χ1n) is 7.13. The van der Waals surface area contributed by atoms with E-state index < -0.39 is 5.76 Å². The molecular weight excluding hydrogens is 294 g/mol. The first kappa shape index (κ1) is 16.2. The van der Waals surface area contributed by atoms with Gasteiger partial charge in [-0.05, 0) is 50.6 Å². The number of nitrogens with zero attached hydrogens (tertiary/aromatic N) is 1.